The molecule has 0 saturated heterocycles. The normalized spacial score (nSPS) is 17.2. The van der Waals surface area contributed by atoms with Crippen LogP contribution in [0.5, 0.6) is 0 Å². The Bertz CT molecular complexity index is 1370. The van der Waals surface area contributed by atoms with Gasteiger partial charge in [0.05, 0.1) is 28.2 Å². The Balaban J connectivity index is 0.00000193. The van der Waals surface area contributed by atoms with Crippen LogP contribution >= 0.6 is 0 Å². The van der Waals surface area contributed by atoms with Crippen molar-refractivity contribution >= 4 is 38.3 Å². The van der Waals surface area contributed by atoms with Gasteiger partial charge in [0.1, 0.15) is 7.05 Å². The van der Waals surface area contributed by atoms with Gasteiger partial charge in [0.2, 0.25) is 0 Å². The Kier molecular flexibility index (Phi) is 8.80. The number of ether oxygens (including phenoxy) is 1. The number of carbonyl (C=O) groups is 1. The van der Waals surface area contributed by atoms with E-state index in [1.807, 2.05) is 38.2 Å². The van der Waals surface area contributed by atoms with E-state index in [1.165, 1.54) is 19.2 Å². The van der Waals surface area contributed by atoms with E-state index < -0.39 is 15.5 Å². The Morgan fingerprint density at radius 1 is 1.15 bits per heavy atom. The number of fused-ring (bicyclic) bond motifs is 3. The van der Waals surface area contributed by atoms with Crippen LogP contribution in [-0.4, -0.2) is 43.4 Å². The molecule has 160 valence electrons. The maximum Gasteiger partial charge on any atom is 1.00 e. The molecule has 0 bridgehead atoms. The first-order valence-electron chi connectivity index (χ1n) is 9.76. The number of carbonyl (C=O) groups excluding carboxylic acids is 1. The molecule has 1 heterocycles. The molecule has 0 saturated carbocycles. The van der Waals surface area contributed by atoms with Crippen molar-refractivity contribution in [3.05, 3.63) is 71.3 Å². The molecule has 0 aromatic heterocycles. The summed E-state index contributed by atoms with van der Waals surface area (Å²) >= 11 is 0. The zero-order valence-electron chi connectivity index (χ0n) is 19.7. The summed E-state index contributed by atoms with van der Waals surface area (Å²) in [5, 5.41) is 1.45. The molecule has 0 radical (unpaired) electrons. The number of methoxy groups -OCH3 is 1. The largest absolute Gasteiger partial charge is 1.00 e. The van der Waals surface area contributed by atoms with E-state index in [-0.39, 0.29) is 70.0 Å². The number of benzene rings is 3. The third kappa shape index (κ3) is 5.02. The fourth-order valence-electron chi connectivity index (χ4n) is 4.45. The van der Waals surface area contributed by atoms with Crippen LogP contribution in [0.2, 0.25) is 0 Å². The van der Waals surface area contributed by atoms with Gasteiger partial charge in [0.25, 0.3) is 0 Å². The van der Waals surface area contributed by atoms with Gasteiger partial charge in [-0.15, -0.1) is 29.7 Å². The first kappa shape index (κ1) is 28.2. The Labute approximate surface area is 238 Å². The molecule has 3 aromatic carbocycles. The molecule has 1 atom stereocenters. The van der Waals surface area contributed by atoms with Crippen molar-refractivity contribution in [3.63, 3.8) is 0 Å². The molecular weight excluding hydrogens is 460 g/mol. The van der Waals surface area contributed by atoms with E-state index in [9.17, 15) is 17.8 Å². The van der Waals surface area contributed by atoms with Crippen molar-refractivity contribution in [1.29, 1.82) is 0 Å². The van der Waals surface area contributed by atoms with Gasteiger partial charge in [0.15, 0.2) is 11.4 Å². The number of nitrogens with zero attached hydrogens (tertiary/aromatic N) is 1. The van der Waals surface area contributed by atoms with Crippen LogP contribution in [0.4, 0.5) is 5.69 Å². The van der Waals surface area contributed by atoms with Crippen LogP contribution in [0.25, 0.3) is 10.8 Å². The molecule has 1 aliphatic heterocycles. The van der Waals surface area contributed by atoms with Crippen LogP contribution in [0, 0.1) is 6.07 Å². The summed E-state index contributed by atoms with van der Waals surface area (Å²) in [4.78, 5) is 11.5. The Morgan fingerprint density at radius 3 is 2.36 bits per heavy atom. The summed E-state index contributed by atoms with van der Waals surface area (Å²) in [5.74, 6) is -0.390. The molecule has 1 unspecified atom stereocenters. The minimum absolute atomic E-state index is 0. The molecule has 0 amide bonds. The monoisotopic (exact) mass is 482 g/mol. The predicted molar refractivity (Wildman–Crippen MR) is 116 cm³/mol. The van der Waals surface area contributed by atoms with Crippen molar-refractivity contribution < 1.29 is 86.2 Å². The van der Waals surface area contributed by atoms with Gasteiger partial charge in [-0.1, -0.05) is 17.5 Å². The average molecular weight is 482 g/mol. The summed E-state index contributed by atoms with van der Waals surface area (Å²) in [7, 11) is -1.27. The summed E-state index contributed by atoms with van der Waals surface area (Å²) < 4.78 is 41.8. The minimum atomic E-state index is -4.60. The third-order valence-corrected chi connectivity index (χ3v) is 7.13. The van der Waals surface area contributed by atoms with Gasteiger partial charge in [-0.3, -0.25) is 0 Å². The number of esters is 1. The molecule has 4 rings (SSSR count). The van der Waals surface area contributed by atoms with Gasteiger partial charge in [-0.25, -0.2) is 17.8 Å². The summed E-state index contributed by atoms with van der Waals surface area (Å²) in [6, 6.07) is 16.8. The van der Waals surface area contributed by atoms with E-state index in [1.54, 1.807) is 12.1 Å². The number of rotatable bonds is 4. The van der Waals surface area contributed by atoms with E-state index in [4.69, 9.17) is 4.74 Å². The third-order valence-electron chi connectivity index (χ3n) is 6.32. The van der Waals surface area contributed by atoms with Crippen molar-refractivity contribution in [2.24, 2.45) is 0 Å². The second-order valence-corrected chi connectivity index (χ2v) is 9.43. The molecule has 0 N–H and O–H groups in total. The predicted octanol–water partition coefficient (Wildman–Crippen LogP) is -2.41. The van der Waals surface area contributed by atoms with Gasteiger partial charge in [0, 0.05) is 12.5 Å². The molecular formula is C24H22NNa2O5S+. The summed E-state index contributed by atoms with van der Waals surface area (Å²) in [6.45, 7) is 4.16. The first-order valence-corrected chi connectivity index (χ1v) is 11.2. The molecule has 1 aliphatic rings. The summed E-state index contributed by atoms with van der Waals surface area (Å²) in [6.07, 6.45) is 0.630. The van der Waals surface area contributed by atoms with E-state index in [2.05, 4.69) is 17.6 Å². The van der Waals surface area contributed by atoms with Gasteiger partial charge in [-0.05, 0) is 42.0 Å². The second kappa shape index (κ2) is 10.3. The van der Waals surface area contributed by atoms with Crippen molar-refractivity contribution in [1.82, 2.24) is 0 Å². The fourth-order valence-corrected chi connectivity index (χ4v) is 4.92. The first-order chi connectivity index (χ1) is 14.6. The average Bonchev–Trinajstić information content (AvgIpc) is 2.94. The van der Waals surface area contributed by atoms with Crippen LogP contribution < -0.4 is 59.1 Å². The van der Waals surface area contributed by atoms with Gasteiger partial charge < -0.3 is 9.29 Å². The van der Waals surface area contributed by atoms with Crippen LogP contribution in [0.1, 0.15) is 35.3 Å². The van der Waals surface area contributed by atoms with E-state index >= 15 is 0 Å². The van der Waals surface area contributed by atoms with Gasteiger partial charge in [-0.2, -0.15) is 0 Å². The zero-order valence-corrected chi connectivity index (χ0v) is 24.5. The molecule has 33 heavy (non-hydrogen) atoms. The van der Waals surface area contributed by atoms with Crippen LogP contribution in [0.3, 0.4) is 0 Å². The molecule has 6 nitrogen and oxygen atoms in total. The summed E-state index contributed by atoms with van der Waals surface area (Å²) in [5.41, 5.74) is 4.07. The number of hydrogen-bond donors (Lipinski definition) is 0. The molecule has 0 spiro atoms. The topological polar surface area (TPSA) is 86.5 Å². The smallest absolute Gasteiger partial charge is 0.752 e. The van der Waals surface area contributed by atoms with Crippen molar-refractivity contribution in [2.75, 3.05) is 14.2 Å². The maximum atomic E-state index is 11.7. The zero-order chi connectivity index (χ0) is 22.6. The fraction of sp³-hybridized carbons (Fsp3) is 0.250. The van der Waals surface area contributed by atoms with Crippen molar-refractivity contribution in [3.8, 4) is 0 Å². The van der Waals surface area contributed by atoms with Crippen molar-refractivity contribution in [2.45, 2.75) is 30.6 Å². The Hall–Kier alpha value is -1.03. The molecule has 0 fully saturated rings. The SMILES string of the molecule is COC(=O)c1ccc(CC2(C)C(C)=[N+](C)c3ccc4[c-]cc(S(=O)(=O)[O-])cc4c32)cc1.[Na+].[Na+]. The quantitative estimate of drug-likeness (QED) is 0.136. The minimum Gasteiger partial charge on any atom is -0.752 e. The standard InChI is InChI=1S/C24H23NO5S.2Na/c1-15-24(2,14-16-5-7-18(8-6-16)23(26)30-4)22-20-13-19(31(27,28)29)11-9-17(20)10-12-21(22)25(15)3;;/h5-8,10-13H,14H2,1-4H3,(H,27,28,29);;/q;2*+1/p-1. The Morgan fingerprint density at radius 2 is 1.79 bits per heavy atom. The number of hydrogen-bond acceptors (Lipinski definition) is 5. The molecule has 0 aliphatic carbocycles. The maximum absolute atomic E-state index is 11.7. The van der Waals surface area contributed by atoms with Crippen LogP contribution in [0.15, 0.2) is 53.4 Å². The second-order valence-electron chi connectivity index (χ2n) is 8.05. The molecule has 3 aromatic rings. The van der Waals surface area contributed by atoms with E-state index in [0.29, 0.717) is 17.4 Å². The van der Waals surface area contributed by atoms with Crippen LogP contribution in [-0.2, 0) is 26.7 Å². The van der Waals surface area contributed by atoms with E-state index in [0.717, 1.165) is 27.9 Å². The van der Waals surface area contributed by atoms with Gasteiger partial charge >= 0.3 is 65.1 Å². The molecule has 9 heteroatoms.